The highest BCUT2D eigenvalue weighted by atomic mass is 16.6. The molecule has 1 heterocycles. The summed E-state index contributed by atoms with van der Waals surface area (Å²) in [5.74, 6) is 0.918. The molecule has 9 heavy (non-hydrogen) atoms. The molecule has 0 unspecified atom stereocenters. The Balaban J connectivity index is 1.96. The molecule has 2 atom stereocenters. The summed E-state index contributed by atoms with van der Waals surface area (Å²) in [6.07, 6.45) is 5.47. The lowest BCUT2D eigenvalue weighted by Gasteiger charge is -2.23. The van der Waals surface area contributed by atoms with Crippen LogP contribution >= 0.6 is 0 Å². The monoisotopic (exact) mass is 126 g/mol. The van der Waals surface area contributed by atoms with Gasteiger partial charge in [0.25, 0.3) is 0 Å². The molecule has 0 N–H and O–H groups in total. The molecule has 0 aromatic rings. The van der Waals surface area contributed by atoms with Gasteiger partial charge in [-0.25, -0.2) is 0 Å². The average molecular weight is 126 g/mol. The van der Waals surface area contributed by atoms with Gasteiger partial charge in [0.15, 0.2) is 0 Å². The average Bonchev–Trinajstić information content (AvgIpc) is 2.49. The Kier molecular flexibility index (Phi) is 1.10. The van der Waals surface area contributed by atoms with E-state index in [1.807, 2.05) is 0 Å². The molecule has 2 fully saturated rings. The van der Waals surface area contributed by atoms with Gasteiger partial charge in [-0.1, -0.05) is 19.8 Å². The van der Waals surface area contributed by atoms with E-state index in [1.54, 1.807) is 0 Å². The van der Waals surface area contributed by atoms with Crippen LogP contribution in [0.15, 0.2) is 0 Å². The van der Waals surface area contributed by atoms with E-state index in [9.17, 15) is 0 Å². The van der Waals surface area contributed by atoms with Gasteiger partial charge in [-0.15, -0.1) is 0 Å². The maximum atomic E-state index is 5.41. The van der Waals surface area contributed by atoms with Crippen molar-refractivity contribution in [1.82, 2.24) is 0 Å². The number of rotatable bonds is 0. The smallest absolute Gasteiger partial charge is 0.0919 e. The molecule has 0 amide bonds. The Morgan fingerprint density at radius 2 is 2.33 bits per heavy atom. The van der Waals surface area contributed by atoms with Gasteiger partial charge in [0, 0.05) is 0 Å². The predicted octanol–water partition coefficient (Wildman–Crippen LogP) is 1.97. The Morgan fingerprint density at radius 1 is 1.56 bits per heavy atom. The van der Waals surface area contributed by atoms with Crippen LogP contribution in [0.5, 0.6) is 0 Å². The molecule has 52 valence electrons. The van der Waals surface area contributed by atoms with Crippen LogP contribution in [0.25, 0.3) is 0 Å². The van der Waals surface area contributed by atoms with E-state index in [2.05, 4.69) is 6.92 Å². The lowest BCUT2D eigenvalue weighted by molar-refractivity contribution is 0.199. The summed E-state index contributed by atoms with van der Waals surface area (Å²) < 4.78 is 5.41. The number of epoxide rings is 1. The van der Waals surface area contributed by atoms with Crippen molar-refractivity contribution in [2.45, 2.75) is 38.2 Å². The zero-order valence-corrected chi connectivity index (χ0v) is 6.02. The summed E-state index contributed by atoms with van der Waals surface area (Å²) in [6.45, 7) is 3.39. The van der Waals surface area contributed by atoms with Gasteiger partial charge >= 0.3 is 0 Å². The molecule has 1 heteroatoms. The van der Waals surface area contributed by atoms with E-state index in [1.165, 1.54) is 25.7 Å². The summed E-state index contributed by atoms with van der Waals surface area (Å²) in [5.41, 5.74) is 0.400. The minimum absolute atomic E-state index is 0.400. The first-order valence-corrected chi connectivity index (χ1v) is 3.95. The highest BCUT2D eigenvalue weighted by molar-refractivity contribution is 4.95. The predicted molar refractivity (Wildman–Crippen MR) is 36.3 cm³/mol. The van der Waals surface area contributed by atoms with Gasteiger partial charge in [0.1, 0.15) is 0 Å². The van der Waals surface area contributed by atoms with E-state index in [4.69, 9.17) is 4.74 Å². The van der Waals surface area contributed by atoms with Crippen LogP contribution in [0.1, 0.15) is 32.6 Å². The molecule has 2 aliphatic rings. The second-order valence-electron chi connectivity index (χ2n) is 3.67. The number of hydrogen-bond donors (Lipinski definition) is 0. The zero-order valence-electron chi connectivity index (χ0n) is 6.02. The SMILES string of the molecule is C[C@@H]1CCC[C@@]2(CO2)C1. The third kappa shape index (κ3) is 0.983. The van der Waals surface area contributed by atoms with Gasteiger partial charge in [-0.3, -0.25) is 0 Å². The molecule has 1 spiro atoms. The first-order chi connectivity index (χ1) is 4.31. The van der Waals surface area contributed by atoms with Gasteiger partial charge in [-0.2, -0.15) is 0 Å². The minimum Gasteiger partial charge on any atom is -0.370 e. The van der Waals surface area contributed by atoms with Crippen LogP contribution in [0.4, 0.5) is 0 Å². The molecule has 1 aliphatic heterocycles. The third-order valence-corrected chi connectivity index (χ3v) is 2.60. The molecule has 1 nitrogen and oxygen atoms in total. The number of ether oxygens (including phenoxy) is 1. The summed E-state index contributed by atoms with van der Waals surface area (Å²) in [6, 6.07) is 0. The zero-order chi connectivity index (χ0) is 6.32. The van der Waals surface area contributed by atoms with Crippen molar-refractivity contribution in [3.8, 4) is 0 Å². The van der Waals surface area contributed by atoms with E-state index >= 15 is 0 Å². The quantitative estimate of drug-likeness (QED) is 0.452. The summed E-state index contributed by atoms with van der Waals surface area (Å²) in [5, 5.41) is 0. The van der Waals surface area contributed by atoms with Crippen molar-refractivity contribution in [2.24, 2.45) is 5.92 Å². The first kappa shape index (κ1) is 5.72. The maximum Gasteiger partial charge on any atom is 0.0919 e. The fraction of sp³-hybridized carbons (Fsp3) is 1.00. The highest BCUT2D eigenvalue weighted by Gasteiger charge is 2.46. The van der Waals surface area contributed by atoms with E-state index < -0.39 is 0 Å². The van der Waals surface area contributed by atoms with Gasteiger partial charge in [0.05, 0.1) is 12.2 Å². The van der Waals surface area contributed by atoms with Crippen LogP contribution < -0.4 is 0 Å². The second kappa shape index (κ2) is 1.72. The molecule has 0 bridgehead atoms. The van der Waals surface area contributed by atoms with Gasteiger partial charge < -0.3 is 4.74 Å². The van der Waals surface area contributed by atoms with Gasteiger partial charge in [0.2, 0.25) is 0 Å². The molecular weight excluding hydrogens is 112 g/mol. The van der Waals surface area contributed by atoms with Crippen LogP contribution in [0.2, 0.25) is 0 Å². The lowest BCUT2D eigenvalue weighted by atomic mass is 9.83. The van der Waals surface area contributed by atoms with E-state index in [0.717, 1.165) is 12.5 Å². The Morgan fingerprint density at radius 3 is 2.78 bits per heavy atom. The fourth-order valence-electron chi connectivity index (χ4n) is 1.98. The topological polar surface area (TPSA) is 12.5 Å². The van der Waals surface area contributed by atoms with Crippen LogP contribution in [-0.2, 0) is 4.74 Å². The van der Waals surface area contributed by atoms with Crippen molar-refractivity contribution >= 4 is 0 Å². The molecule has 0 aromatic heterocycles. The second-order valence-corrected chi connectivity index (χ2v) is 3.67. The normalized spacial score (nSPS) is 49.7. The molecular formula is C8H14O. The van der Waals surface area contributed by atoms with Crippen LogP contribution in [0.3, 0.4) is 0 Å². The summed E-state index contributed by atoms with van der Waals surface area (Å²) in [7, 11) is 0. The van der Waals surface area contributed by atoms with E-state index in [-0.39, 0.29) is 0 Å². The maximum absolute atomic E-state index is 5.41. The third-order valence-electron chi connectivity index (χ3n) is 2.60. The summed E-state index contributed by atoms with van der Waals surface area (Å²) in [4.78, 5) is 0. The van der Waals surface area contributed by atoms with Crippen molar-refractivity contribution in [2.75, 3.05) is 6.61 Å². The van der Waals surface area contributed by atoms with Crippen molar-refractivity contribution < 1.29 is 4.74 Å². The molecule has 1 aliphatic carbocycles. The fourth-order valence-corrected chi connectivity index (χ4v) is 1.98. The lowest BCUT2D eigenvalue weighted by Crippen LogP contribution is -2.20. The van der Waals surface area contributed by atoms with Crippen molar-refractivity contribution in [3.63, 3.8) is 0 Å². The largest absolute Gasteiger partial charge is 0.370 e. The molecule has 1 saturated carbocycles. The Bertz CT molecular complexity index is 116. The first-order valence-electron chi connectivity index (χ1n) is 3.95. The van der Waals surface area contributed by atoms with Gasteiger partial charge in [-0.05, 0) is 18.8 Å². The Labute approximate surface area is 56.4 Å². The highest BCUT2D eigenvalue weighted by Crippen LogP contribution is 2.43. The minimum atomic E-state index is 0.400. The Hall–Kier alpha value is -0.0400. The van der Waals surface area contributed by atoms with Crippen LogP contribution in [0, 0.1) is 5.92 Å². The number of hydrogen-bond acceptors (Lipinski definition) is 1. The standard InChI is InChI=1S/C8H14O/c1-7-3-2-4-8(5-7)6-9-8/h7H,2-6H2,1H3/t7-,8+/m1/s1. The molecule has 0 aromatic carbocycles. The van der Waals surface area contributed by atoms with Crippen LogP contribution in [-0.4, -0.2) is 12.2 Å². The van der Waals surface area contributed by atoms with Crippen molar-refractivity contribution in [1.29, 1.82) is 0 Å². The van der Waals surface area contributed by atoms with Crippen molar-refractivity contribution in [3.05, 3.63) is 0 Å². The molecule has 0 radical (unpaired) electrons. The summed E-state index contributed by atoms with van der Waals surface area (Å²) >= 11 is 0. The van der Waals surface area contributed by atoms with E-state index in [0.29, 0.717) is 5.60 Å². The molecule has 2 rings (SSSR count). The molecule has 1 saturated heterocycles.